The molecule has 0 spiro atoms. The summed E-state index contributed by atoms with van der Waals surface area (Å²) in [5.41, 5.74) is 0.802. The van der Waals surface area contributed by atoms with Crippen LogP contribution < -0.4 is 5.32 Å². The third-order valence-electron chi connectivity index (χ3n) is 3.68. The van der Waals surface area contributed by atoms with Crippen molar-refractivity contribution in [3.8, 4) is 0 Å². The van der Waals surface area contributed by atoms with Gasteiger partial charge < -0.3 is 10.4 Å². The molecule has 3 N–H and O–H groups in total. The zero-order chi connectivity index (χ0) is 12.6. The number of aromatic nitrogens is 2. The largest absolute Gasteiger partial charge is 0.394 e. The van der Waals surface area contributed by atoms with E-state index in [0.29, 0.717) is 5.69 Å². The molecule has 1 aromatic heterocycles. The van der Waals surface area contributed by atoms with Crippen molar-refractivity contribution < 1.29 is 9.90 Å². The van der Waals surface area contributed by atoms with E-state index in [-0.39, 0.29) is 12.5 Å². The monoisotopic (exact) mass is 245 g/mol. The molecule has 1 aromatic carbocycles. The molecule has 1 saturated carbocycles. The summed E-state index contributed by atoms with van der Waals surface area (Å²) in [6.07, 6.45) is 2.71. The topological polar surface area (TPSA) is 78.0 Å². The van der Waals surface area contributed by atoms with Crippen LogP contribution in [0.3, 0.4) is 0 Å². The molecule has 2 aromatic rings. The summed E-state index contributed by atoms with van der Waals surface area (Å²) in [5.74, 6) is -0.221. The van der Waals surface area contributed by atoms with Gasteiger partial charge in [-0.15, -0.1) is 0 Å². The third kappa shape index (κ3) is 1.67. The molecule has 0 unspecified atom stereocenters. The maximum atomic E-state index is 12.2. The standard InChI is InChI=1S/C13H15N3O2/c17-8-13(6-3-7-13)14-12(18)11-9-4-1-2-5-10(9)15-16-11/h1-2,4-5,17H,3,6-8H2,(H,14,18)(H,15,16). The number of hydrogen-bond acceptors (Lipinski definition) is 3. The molecule has 0 saturated heterocycles. The van der Waals surface area contributed by atoms with Gasteiger partial charge in [0.05, 0.1) is 17.7 Å². The molecule has 1 heterocycles. The first kappa shape index (κ1) is 11.2. The molecule has 5 heteroatoms. The van der Waals surface area contributed by atoms with Gasteiger partial charge >= 0.3 is 0 Å². The van der Waals surface area contributed by atoms with Crippen molar-refractivity contribution >= 4 is 16.8 Å². The molecule has 0 aliphatic heterocycles. The summed E-state index contributed by atoms with van der Waals surface area (Å²) in [4.78, 5) is 12.2. The Morgan fingerprint density at radius 2 is 2.22 bits per heavy atom. The fraction of sp³-hybridized carbons (Fsp3) is 0.385. The quantitative estimate of drug-likeness (QED) is 0.760. The molecule has 5 nitrogen and oxygen atoms in total. The average molecular weight is 245 g/mol. The van der Waals surface area contributed by atoms with Gasteiger partial charge in [-0.3, -0.25) is 9.89 Å². The van der Waals surface area contributed by atoms with Crippen molar-refractivity contribution in [3.05, 3.63) is 30.0 Å². The van der Waals surface area contributed by atoms with Gasteiger partial charge in [-0.2, -0.15) is 5.10 Å². The second-order valence-corrected chi connectivity index (χ2v) is 4.86. The van der Waals surface area contributed by atoms with Crippen LogP contribution in [0.2, 0.25) is 0 Å². The molecule has 94 valence electrons. The Morgan fingerprint density at radius 1 is 1.44 bits per heavy atom. The maximum absolute atomic E-state index is 12.2. The Labute approximate surface area is 104 Å². The second-order valence-electron chi connectivity index (χ2n) is 4.86. The fourth-order valence-electron chi connectivity index (χ4n) is 2.36. The van der Waals surface area contributed by atoms with Gasteiger partial charge in [0.15, 0.2) is 5.69 Å². The maximum Gasteiger partial charge on any atom is 0.272 e. The zero-order valence-corrected chi connectivity index (χ0v) is 9.94. The highest BCUT2D eigenvalue weighted by atomic mass is 16.3. The first-order valence-electron chi connectivity index (χ1n) is 6.11. The highest BCUT2D eigenvalue weighted by molar-refractivity contribution is 6.04. The molecule has 0 radical (unpaired) electrons. The lowest BCUT2D eigenvalue weighted by atomic mass is 9.77. The lowest BCUT2D eigenvalue weighted by Gasteiger charge is -2.40. The van der Waals surface area contributed by atoms with Crippen LogP contribution in [0.5, 0.6) is 0 Å². The Hall–Kier alpha value is -1.88. The minimum absolute atomic E-state index is 0.0128. The van der Waals surface area contributed by atoms with Crippen molar-refractivity contribution in [2.75, 3.05) is 6.61 Å². The number of H-pyrrole nitrogens is 1. The number of benzene rings is 1. The Bertz CT molecular complexity index is 581. The number of fused-ring (bicyclic) bond motifs is 1. The number of aliphatic hydroxyl groups excluding tert-OH is 1. The number of nitrogens with zero attached hydrogens (tertiary/aromatic N) is 1. The van der Waals surface area contributed by atoms with Crippen LogP contribution in [0.1, 0.15) is 29.8 Å². The summed E-state index contributed by atoms with van der Waals surface area (Å²) in [6, 6.07) is 7.51. The van der Waals surface area contributed by atoms with Crippen molar-refractivity contribution in [2.45, 2.75) is 24.8 Å². The van der Waals surface area contributed by atoms with E-state index in [2.05, 4.69) is 15.5 Å². The van der Waals surface area contributed by atoms with E-state index in [0.717, 1.165) is 30.2 Å². The molecule has 18 heavy (non-hydrogen) atoms. The number of aliphatic hydroxyl groups is 1. The van der Waals surface area contributed by atoms with E-state index in [1.165, 1.54) is 0 Å². The normalized spacial score (nSPS) is 17.4. The Kier molecular flexibility index (Phi) is 2.56. The number of amides is 1. The molecule has 1 amide bonds. The first-order valence-corrected chi connectivity index (χ1v) is 6.11. The SMILES string of the molecule is O=C(NC1(CO)CCC1)c1n[nH]c2ccccc12. The minimum Gasteiger partial charge on any atom is -0.394 e. The van der Waals surface area contributed by atoms with Gasteiger partial charge in [-0.25, -0.2) is 0 Å². The molecule has 1 aliphatic rings. The van der Waals surface area contributed by atoms with E-state index in [1.54, 1.807) is 0 Å². The fourth-order valence-corrected chi connectivity index (χ4v) is 2.36. The number of carbonyl (C=O) groups is 1. The second kappa shape index (κ2) is 4.10. The smallest absolute Gasteiger partial charge is 0.272 e. The van der Waals surface area contributed by atoms with E-state index in [4.69, 9.17) is 0 Å². The summed E-state index contributed by atoms with van der Waals surface area (Å²) < 4.78 is 0. The van der Waals surface area contributed by atoms with Crippen LogP contribution in [0, 0.1) is 0 Å². The number of para-hydroxylation sites is 1. The lowest BCUT2D eigenvalue weighted by Crippen LogP contribution is -2.56. The van der Waals surface area contributed by atoms with Crippen LogP contribution in [-0.2, 0) is 0 Å². The summed E-state index contributed by atoms with van der Waals surface area (Å²) in [6.45, 7) is -0.0128. The van der Waals surface area contributed by atoms with Crippen molar-refractivity contribution in [3.63, 3.8) is 0 Å². The van der Waals surface area contributed by atoms with Crippen molar-refractivity contribution in [2.24, 2.45) is 0 Å². The lowest BCUT2D eigenvalue weighted by molar-refractivity contribution is 0.0639. The predicted octanol–water partition coefficient (Wildman–Crippen LogP) is 1.21. The zero-order valence-electron chi connectivity index (χ0n) is 9.94. The van der Waals surface area contributed by atoms with Crippen molar-refractivity contribution in [1.82, 2.24) is 15.5 Å². The predicted molar refractivity (Wildman–Crippen MR) is 67.2 cm³/mol. The van der Waals surface area contributed by atoms with Gasteiger partial charge in [0.2, 0.25) is 0 Å². The van der Waals surface area contributed by atoms with Gasteiger partial charge in [0, 0.05) is 5.39 Å². The molecule has 1 aliphatic carbocycles. The minimum atomic E-state index is -0.433. The summed E-state index contributed by atoms with van der Waals surface area (Å²) >= 11 is 0. The first-order chi connectivity index (χ1) is 8.74. The Balaban J connectivity index is 1.88. The van der Waals surface area contributed by atoms with Crippen LogP contribution in [0.25, 0.3) is 10.9 Å². The summed E-state index contributed by atoms with van der Waals surface area (Å²) in [7, 11) is 0. The van der Waals surface area contributed by atoms with Crippen LogP contribution in [0.4, 0.5) is 0 Å². The number of rotatable bonds is 3. The molecule has 3 rings (SSSR count). The number of hydrogen-bond donors (Lipinski definition) is 3. The average Bonchev–Trinajstić information content (AvgIpc) is 2.77. The van der Waals surface area contributed by atoms with Crippen LogP contribution in [-0.4, -0.2) is 33.4 Å². The van der Waals surface area contributed by atoms with E-state index < -0.39 is 5.54 Å². The van der Waals surface area contributed by atoms with Gasteiger partial charge in [-0.1, -0.05) is 18.2 Å². The Morgan fingerprint density at radius 3 is 2.89 bits per heavy atom. The number of aromatic amines is 1. The van der Waals surface area contributed by atoms with Gasteiger partial charge in [0.25, 0.3) is 5.91 Å². The van der Waals surface area contributed by atoms with E-state index in [1.807, 2.05) is 24.3 Å². The third-order valence-corrected chi connectivity index (χ3v) is 3.68. The molecule has 0 bridgehead atoms. The number of nitrogens with one attached hydrogen (secondary N) is 2. The van der Waals surface area contributed by atoms with Crippen LogP contribution in [0.15, 0.2) is 24.3 Å². The highest BCUT2D eigenvalue weighted by Gasteiger charge is 2.38. The van der Waals surface area contributed by atoms with Gasteiger partial charge in [0.1, 0.15) is 0 Å². The van der Waals surface area contributed by atoms with E-state index >= 15 is 0 Å². The number of carbonyl (C=O) groups excluding carboxylic acids is 1. The molecule has 1 fully saturated rings. The molecule has 0 atom stereocenters. The highest BCUT2D eigenvalue weighted by Crippen LogP contribution is 2.31. The summed E-state index contributed by atoms with van der Waals surface area (Å²) in [5, 5.41) is 20.0. The van der Waals surface area contributed by atoms with Gasteiger partial charge in [-0.05, 0) is 25.3 Å². The van der Waals surface area contributed by atoms with Crippen LogP contribution >= 0.6 is 0 Å². The molecular formula is C13H15N3O2. The van der Waals surface area contributed by atoms with Crippen molar-refractivity contribution in [1.29, 1.82) is 0 Å². The molecular weight excluding hydrogens is 230 g/mol. The van der Waals surface area contributed by atoms with E-state index in [9.17, 15) is 9.90 Å².